The Labute approximate surface area is 138 Å². The monoisotopic (exact) mass is 345 g/mol. The van der Waals surface area contributed by atoms with Crippen LogP contribution in [0.3, 0.4) is 0 Å². The number of amides is 2. The zero-order valence-corrected chi connectivity index (χ0v) is 13.5. The Balaban J connectivity index is 1.75. The van der Waals surface area contributed by atoms with Crippen LogP contribution >= 0.6 is 0 Å². The molecule has 0 aliphatic carbocycles. The molecule has 1 aliphatic heterocycles. The molecular weight excluding hydrogens is 323 g/mol. The van der Waals surface area contributed by atoms with E-state index in [-0.39, 0.29) is 6.54 Å². The molecule has 2 rings (SSSR count). The van der Waals surface area contributed by atoms with E-state index in [1.54, 1.807) is 0 Å². The molecular formula is C16H22F3N3O2. The van der Waals surface area contributed by atoms with E-state index in [1.165, 1.54) is 0 Å². The second-order valence-electron chi connectivity index (χ2n) is 6.19. The number of nitrogens with one attached hydrogen (secondary N) is 2. The molecule has 1 fully saturated rings. The quantitative estimate of drug-likeness (QED) is 0.718. The first-order chi connectivity index (χ1) is 11.4. The van der Waals surface area contributed by atoms with Gasteiger partial charge < -0.3 is 20.6 Å². The molecule has 1 saturated heterocycles. The summed E-state index contributed by atoms with van der Waals surface area (Å²) < 4.78 is 39.3. The summed E-state index contributed by atoms with van der Waals surface area (Å²) in [4.78, 5) is 13.8. The first kappa shape index (κ1) is 18.5. The fraction of sp³-hybridized carbons (Fsp3) is 0.562. The highest BCUT2D eigenvalue weighted by molar-refractivity contribution is 5.89. The number of aliphatic hydroxyl groups is 1. The number of anilines is 1. The summed E-state index contributed by atoms with van der Waals surface area (Å²) in [5.41, 5.74) is -0.467. The van der Waals surface area contributed by atoms with E-state index in [9.17, 15) is 23.1 Å². The van der Waals surface area contributed by atoms with Gasteiger partial charge in [-0.25, -0.2) is 18.0 Å². The van der Waals surface area contributed by atoms with Crippen molar-refractivity contribution in [2.45, 2.75) is 25.9 Å². The minimum atomic E-state index is -1.65. The Morgan fingerprint density at radius 1 is 1.29 bits per heavy atom. The standard InChI is InChI=1S/C16H22F3N3O2/c1-10-4-6-22(7-5-10)9-11(23)8-20-16(24)21-13-3-2-12(17)14(18)15(13)19/h2-3,10-11,23H,4-9H2,1H3,(H2,20,21,24). The molecule has 5 nitrogen and oxygen atoms in total. The summed E-state index contributed by atoms with van der Waals surface area (Å²) in [6, 6.07) is 0.852. The van der Waals surface area contributed by atoms with Crippen LogP contribution in [-0.4, -0.2) is 48.3 Å². The Morgan fingerprint density at radius 2 is 1.96 bits per heavy atom. The lowest BCUT2D eigenvalue weighted by Crippen LogP contribution is -2.43. The van der Waals surface area contributed by atoms with E-state index in [4.69, 9.17) is 0 Å². The number of likely N-dealkylation sites (tertiary alicyclic amines) is 1. The smallest absolute Gasteiger partial charge is 0.319 e. The van der Waals surface area contributed by atoms with E-state index >= 15 is 0 Å². The average molecular weight is 345 g/mol. The molecule has 1 heterocycles. The van der Waals surface area contributed by atoms with Gasteiger partial charge in [0.15, 0.2) is 17.5 Å². The number of halogens is 3. The maximum absolute atomic E-state index is 13.4. The Bertz CT molecular complexity index is 578. The second kappa shape index (κ2) is 8.34. The maximum atomic E-state index is 13.4. The Hall–Kier alpha value is -1.80. The molecule has 1 aromatic rings. The van der Waals surface area contributed by atoms with Gasteiger partial charge in [0.2, 0.25) is 0 Å². The number of hydrogen-bond donors (Lipinski definition) is 3. The predicted octanol–water partition coefficient (Wildman–Crippen LogP) is 2.32. The molecule has 8 heteroatoms. The van der Waals surface area contributed by atoms with E-state index < -0.39 is 35.3 Å². The van der Waals surface area contributed by atoms with Crippen LogP contribution in [0.2, 0.25) is 0 Å². The number of benzene rings is 1. The summed E-state index contributed by atoms with van der Waals surface area (Å²) in [6.45, 7) is 4.42. The van der Waals surface area contributed by atoms with E-state index in [1.807, 2.05) is 0 Å². The number of piperidine rings is 1. The minimum absolute atomic E-state index is 0.0246. The van der Waals surface area contributed by atoms with Crippen molar-refractivity contribution in [3.63, 3.8) is 0 Å². The fourth-order valence-corrected chi connectivity index (χ4v) is 2.61. The van der Waals surface area contributed by atoms with Gasteiger partial charge in [0.05, 0.1) is 11.8 Å². The molecule has 24 heavy (non-hydrogen) atoms. The molecule has 0 bridgehead atoms. The lowest BCUT2D eigenvalue weighted by Gasteiger charge is -2.31. The van der Waals surface area contributed by atoms with Crippen molar-refractivity contribution in [3.8, 4) is 0 Å². The first-order valence-corrected chi connectivity index (χ1v) is 7.95. The van der Waals surface area contributed by atoms with Gasteiger partial charge in [-0.2, -0.15) is 0 Å². The summed E-state index contributed by atoms with van der Waals surface area (Å²) in [5, 5.41) is 14.4. The minimum Gasteiger partial charge on any atom is -0.390 e. The molecule has 0 saturated carbocycles. The summed E-state index contributed by atoms with van der Waals surface area (Å²) >= 11 is 0. The molecule has 1 aromatic carbocycles. The molecule has 0 aromatic heterocycles. The number of carbonyl (C=O) groups is 1. The zero-order chi connectivity index (χ0) is 17.7. The van der Waals surface area contributed by atoms with Crippen molar-refractivity contribution in [3.05, 3.63) is 29.6 Å². The number of hydrogen-bond acceptors (Lipinski definition) is 3. The Morgan fingerprint density at radius 3 is 2.62 bits per heavy atom. The van der Waals surface area contributed by atoms with Crippen molar-refractivity contribution in [1.82, 2.24) is 10.2 Å². The first-order valence-electron chi connectivity index (χ1n) is 7.95. The number of urea groups is 1. The van der Waals surface area contributed by atoms with Crippen LogP contribution in [0.4, 0.5) is 23.7 Å². The zero-order valence-electron chi connectivity index (χ0n) is 13.5. The third-order valence-corrected chi connectivity index (χ3v) is 4.13. The molecule has 0 radical (unpaired) electrons. The topological polar surface area (TPSA) is 64.6 Å². The maximum Gasteiger partial charge on any atom is 0.319 e. The molecule has 3 N–H and O–H groups in total. The molecule has 1 unspecified atom stereocenters. The third-order valence-electron chi connectivity index (χ3n) is 4.13. The van der Waals surface area contributed by atoms with Gasteiger partial charge in [-0.15, -0.1) is 0 Å². The number of rotatable bonds is 5. The number of aliphatic hydroxyl groups excluding tert-OH is 1. The van der Waals surface area contributed by atoms with Crippen LogP contribution in [-0.2, 0) is 0 Å². The van der Waals surface area contributed by atoms with Crippen LogP contribution in [0.5, 0.6) is 0 Å². The fourth-order valence-electron chi connectivity index (χ4n) is 2.61. The van der Waals surface area contributed by atoms with Crippen molar-refractivity contribution in [2.24, 2.45) is 5.92 Å². The summed E-state index contributed by atoms with van der Waals surface area (Å²) in [6.07, 6.45) is 1.39. The molecule has 0 spiro atoms. The number of carbonyl (C=O) groups excluding carboxylic acids is 1. The predicted molar refractivity (Wildman–Crippen MR) is 84.2 cm³/mol. The lowest BCUT2D eigenvalue weighted by atomic mass is 9.99. The normalized spacial score (nSPS) is 17.5. The lowest BCUT2D eigenvalue weighted by molar-refractivity contribution is 0.0924. The van der Waals surface area contributed by atoms with Gasteiger partial charge in [0, 0.05) is 13.1 Å². The largest absolute Gasteiger partial charge is 0.390 e. The summed E-state index contributed by atoms with van der Waals surface area (Å²) in [5.74, 6) is -3.75. The van der Waals surface area contributed by atoms with Gasteiger partial charge in [-0.1, -0.05) is 6.92 Å². The van der Waals surface area contributed by atoms with Crippen molar-refractivity contribution >= 4 is 11.7 Å². The van der Waals surface area contributed by atoms with Crippen LogP contribution in [0.1, 0.15) is 19.8 Å². The number of nitrogens with zero attached hydrogens (tertiary/aromatic N) is 1. The number of β-amino-alcohol motifs (C(OH)–C–C–N with tert-alkyl or cyclic N) is 1. The molecule has 1 atom stereocenters. The van der Waals surface area contributed by atoms with Crippen LogP contribution in [0, 0.1) is 23.4 Å². The van der Waals surface area contributed by atoms with Crippen molar-refractivity contribution in [1.29, 1.82) is 0 Å². The molecule has 2 amide bonds. The van der Waals surface area contributed by atoms with Gasteiger partial charge in [-0.05, 0) is 44.0 Å². The van der Waals surface area contributed by atoms with Crippen molar-refractivity contribution in [2.75, 3.05) is 31.5 Å². The van der Waals surface area contributed by atoms with Crippen LogP contribution < -0.4 is 10.6 Å². The third kappa shape index (κ3) is 5.10. The van der Waals surface area contributed by atoms with Gasteiger partial charge >= 0.3 is 6.03 Å². The highest BCUT2D eigenvalue weighted by Crippen LogP contribution is 2.19. The highest BCUT2D eigenvalue weighted by atomic mass is 19.2. The molecule has 1 aliphatic rings. The average Bonchev–Trinajstić information content (AvgIpc) is 2.56. The van der Waals surface area contributed by atoms with E-state index in [0.29, 0.717) is 12.5 Å². The SMILES string of the molecule is CC1CCN(CC(O)CNC(=O)Nc2ccc(F)c(F)c2F)CC1. The van der Waals surface area contributed by atoms with Gasteiger partial charge in [0.1, 0.15) is 0 Å². The Kier molecular flexibility index (Phi) is 6.44. The van der Waals surface area contributed by atoms with Crippen LogP contribution in [0.15, 0.2) is 12.1 Å². The molecule has 134 valence electrons. The second-order valence-corrected chi connectivity index (χ2v) is 6.19. The van der Waals surface area contributed by atoms with Gasteiger partial charge in [0.25, 0.3) is 0 Å². The van der Waals surface area contributed by atoms with Crippen LogP contribution in [0.25, 0.3) is 0 Å². The van der Waals surface area contributed by atoms with E-state index in [2.05, 4.69) is 22.5 Å². The van der Waals surface area contributed by atoms with E-state index in [0.717, 1.165) is 38.1 Å². The van der Waals surface area contributed by atoms with Gasteiger partial charge in [-0.3, -0.25) is 0 Å². The highest BCUT2D eigenvalue weighted by Gasteiger charge is 2.19. The summed E-state index contributed by atoms with van der Waals surface area (Å²) in [7, 11) is 0. The van der Waals surface area contributed by atoms with Crippen molar-refractivity contribution < 1.29 is 23.1 Å².